The van der Waals surface area contributed by atoms with E-state index >= 15 is 0 Å². The van der Waals surface area contributed by atoms with Gasteiger partial charge in [0.15, 0.2) is 11.6 Å². The monoisotopic (exact) mass is 319 g/mol. The Balaban J connectivity index is 3.46. The van der Waals surface area contributed by atoms with Crippen molar-refractivity contribution in [2.75, 3.05) is 0 Å². The molecule has 0 unspecified atom stereocenters. The summed E-state index contributed by atoms with van der Waals surface area (Å²) in [6.07, 6.45) is -11.5. The van der Waals surface area contributed by atoms with Crippen molar-refractivity contribution in [2.24, 2.45) is 0 Å². The van der Waals surface area contributed by atoms with Crippen LogP contribution in [0.1, 0.15) is 11.1 Å². The van der Waals surface area contributed by atoms with Gasteiger partial charge in [0, 0.05) is 0 Å². The first-order chi connectivity index (χ1) is 9.34. The van der Waals surface area contributed by atoms with Crippen LogP contribution in [0.3, 0.4) is 0 Å². The van der Waals surface area contributed by atoms with Gasteiger partial charge in [0.05, 0.1) is 5.56 Å². The predicted molar refractivity (Wildman–Crippen MR) is 50.4 cm³/mol. The highest BCUT2D eigenvalue weighted by Crippen LogP contribution is 2.35. The zero-order valence-electron chi connectivity index (χ0n) is 9.57. The third-order valence-electron chi connectivity index (χ3n) is 2.17. The van der Waals surface area contributed by atoms with Crippen molar-refractivity contribution >= 4 is 11.5 Å². The summed E-state index contributed by atoms with van der Waals surface area (Å²) >= 11 is 0. The number of rotatable bonds is 2. The Hall–Kier alpha value is -2.13. The Morgan fingerprint density at radius 3 is 1.90 bits per heavy atom. The van der Waals surface area contributed by atoms with Gasteiger partial charge in [-0.25, -0.2) is 8.78 Å². The van der Waals surface area contributed by atoms with Crippen molar-refractivity contribution in [3.05, 3.63) is 41.0 Å². The van der Waals surface area contributed by atoms with Crippen LogP contribution in [0.5, 0.6) is 0 Å². The number of benzene rings is 1. The molecule has 1 aromatic rings. The van der Waals surface area contributed by atoms with E-state index in [-0.39, 0.29) is 12.1 Å². The number of allylic oxidation sites excluding steroid dienone is 1. The summed E-state index contributed by atoms with van der Waals surface area (Å²) in [5.41, 5.74) is -3.59. The van der Waals surface area contributed by atoms with Gasteiger partial charge in [-0.3, -0.25) is 4.79 Å². The lowest BCUT2D eigenvalue weighted by molar-refractivity contribution is -0.245. The minimum Gasteiger partial charge on any atom is -0.872 e. The summed E-state index contributed by atoms with van der Waals surface area (Å²) in [4.78, 5) is 10.5. The summed E-state index contributed by atoms with van der Waals surface area (Å²) in [7, 11) is 0. The van der Waals surface area contributed by atoms with E-state index in [4.69, 9.17) is 0 Å². The summed E-state index contributed by atoms with van der Waals surface area (Å²) in [5, 5.41) is 11.3. The molecule has 0 bridgehead atoms. The Labute approximate surface area is 111 Å². The smallest absolute Gasteiger partial charge is 0.454 e. The van der Waals surface area contributed by atoms with E-state index in [1.165, 1.54) is 0 Å². The summed E-state index contributed by atoms with van der Waals surface area (Å²) in [6.45, 7) is 0. The average molecular weight is 319 g/mol. The van der Waals surface area contributed by atoms with Crippen molar-refractivity contribution in [1.29, 1.82) is 0 Å². The van der Waals surface area contributed by atoms with Gasteiger partial charge < -0.3 is 5.11 Å². The van der Waals surface area contributed by atoms with Crippen molar-refractivity contribution in [3.8, 4) is 0 Å². The van der Waals surface area contributed by atoms with E-state index in [0.29, 0.717) is 0 Å². The number of alkyl halides is 6. The van der Waals surface area contributed by atoms with E-state index in [9.17, 15) is 45.0 Å². The zero-order valence-corrected chi connectivity index (χ0v) is 9.57. The lowest BCUT2D eigenvalue weighted by atomic mass is 10.0. The van der Waals surface area contributed by atoms with Gasteiger partial charge in [0.1, 0.15) is 0 Å². The van der Waals surface area contributed by atoms with E-state index in [1.807, 2.05) is 0 Å². The van der Waals surface area contributed by atoms with Crippen molar-refractivity contribution < 1.29 is 45.0 Å². The van der Waals surface area contributed by atoms with Crippen LogP contribution in [0.4, 0.5) is 35.1 Å². The lowest BCUT2D eigenvalue weighted by Gasteiger charge is -2.19. The van der Waals surface area contributed by atoms with E-state index in [1.54, 1.807) is 0 Å². The minimum atomic E-state index is -5.48. The molecule has 0 aliphatic heterocycles. The number of hydrogen-bond donors (Lipinski definition) is 0. The molecule has 1 rings (SSSR count). The van der Waals surface area contributed by atoms with Crippen LogP contribution in [0, 0.1) is 11.6 Å². The molecule has 0 saturated heterocycles. The Bertz CT molecular complexity index is 597. The predicted octanol–water partition coefficient (Wildman–Crippen LogP) is 2.82. The van der Waals surface area contributed by atoms with Crippen LogP contribution < -0.4 is 5.11 Å². The molecule has 0 atom stereocenters. The molecule has 0 N–H and O–H groups in total. The van der Waals surface area contributed by atoms with Crippen LogP contribution in [0.2, 0.25) is 0 Å². The molecule has 0 aliphatic rings. The Kier molecular flexibility index (Phi) is 4.30. The second-order valence-corrected chi connectivity index (χ2v) is 3.68. The highest BCUT2D eigenvalue weighted by atomic mass is 19.4. The van der Waals surface area contributed by atoms with Crippen molar-refractivity contribution in [2.45, 2.75) is 12.4 Å². The molecule has 0 amide bonds. The first-order valence-corrected chi connectivity index (χ1v) is 4.90. The highest BCUT2D eigenvalue weighted by molar-refractivity contribution is 5.99. The molecule has 2 nitrogen and oxygen atoms in total. The Morgan fingerprint density at radius 1 is 1.00 bits per heavy atom. The normalized spacial score (nSPS) is 13.4. The second kappa shape index (κ2) is 5.34. The summed E-state index contributed by atoms with van der Waals surface area (Å²) in [6, 6.07) is -0.602. The number of carbonyl (C=O) groups excluding carboxylic acids is 1. The van der Waals surface area contributed by atoms with Crippen molar-refractivity contribution in [1.82, 2.24) is 0 Å². The molecule has 1 aromatic carbocycles. The fourth-order valence-electron chi connectivity index (χ4n) is 1.26. The van der Waals surface area contributed by atoms with Crippen LogP contribution >= 0.6 is 0 Å². The third kappa shape index (κ3) is 3.92. The molecule has 116 valence electrons. The van der Waals surface area contributed by atoms with Gasteiger partial charge in [0.25, 0.3) is 5.78 Å². The molecule has 10 heteroatoms. The van der Waals surface area contributed by atoms with E-state index in [0.717, 1.165) is 0 Å². The fraction of sp³-hybridized carbons (Fsp3) is 0.182. The molecule has 0 spiro atoms. The molecular formula is C11H3F8O2-. The number of hydrogen-bond acceptors (Lipinski definition) is 2. The standard InChI is InChI=1S/C11H4F8O2/c12-6-1-4(5(2-7(6)13)10(14,15)16)8(20)3-9(21)11(17,18)19/h1-3,20H/p-1/b8-3-. The first-order valence-electron chi connectivity index (χ1n) is 4.90. The first kappa shape index (κ1) is 16.9. The third-order valence-corrected chi connectivity index (χ3v) is 2.17. The maximum atomic E-state index is 12.9. The van der Waals surface area contributed by atoms with Crippen LogP contribution in [0.15, 0.2) is 18.2 Å². The molecule has 0 radical (unpaired) electrons. The Morgan fingerprint density at radius 2 is 1.48 bits per heavy atom. The fourth-order valence-corrected chi connectivity index (χ4v) is 1.26. The molecule has 0 aliphatic carbocycles. The topological polar surface area (TPSA) is 40.1 Å². The maximum Gasteiger partial charge on any atom is 0.454 e. The minimum absolute atomic E-state index is 0.222. The average Bonchev–Trinajstić information content (AvgIpc) is 2.29. The van der Waals surface area contributed by atoms with Gasteiger partial charge in [0.2, 0.25) is 0 Å². The zero-order chi connectivity index (χ0) is 16.6. The quantitative estimate of drug-likeness (QED) is 0.478. The molecule has 0 fully saturated rings. The molecule has 0 heterocycles. The second-order valence-electron chi connectivity index (χ2n) is 3.68. The highest BCUT2D eigenvalue weighted by Gasteiger charge is 2.37. The number of halogens is 8. The lowest BCUT2D eigenvalue weighted by Crippen LogP contribution is -2.23. The maximum absolute atomic E-state index is 12.9. The molecule has 0 aromatic heterocycles. The van der Waals surface area contributed by atoms with Gasteiger partial charge in [-0.2, -0.15) is 26.3 Å². The van der Waals surface area contributed by atoms with Crippen LogP contribution in [-0.4, -0.2) is 12.0 Å². The molecule has 0 saturated carbocycles. The van der Waals surface area contributed by atoms with E-state index in [2.05, 4.69) is 0 Å². The summed E-state index contributed by atoms with van der Waals surface area (Å²) in [5.74, 6) is -8.57. The van der Waals surface area contributed by atoms with E-state index < -0.39 is 52.7 Å². The SMILES string of the molecule is O=C(/C=C(\[O-])c1cc(F)c(F)cc1C(F)(F)F)C(F)(F)F. The van der Waals surface area contributed by atoms with Crippen molar-refractivity contribution in [3.63, 3.8) is 0 Å². The summed E-state index contributed by atoms with van der Waals surface area (Å²) < 4.78 is 99.0. The van der Waals surface area contributed by atoms with Crippen LogP contribution in [-0.2, 0) is 11.0 Å². The van der Waals surface area contributed by atoms with Gasteiger partial charge in [-0.05, 0) is 23.8 Å². The van der Waals surface area contributed by atoms with Gasteiger partial charge >= 0.3 is 12.4 Å². The van der Waals surface area contributed by atoms with Crippen LogP contribution in [0.25, 0.3) is 5.76 Å². The molecular weight excluding hydrogens is 316 g/mol. The number of carbonyl (C=O) groups is 1. The van der Waals surface area contributed by atoms with Gasteiger partial charge in [-0.1, -0.05) is 5.76 Å². The van der Waals surface area contributed by atoms with Gasteiger partial charge in [-0.15, -0.1) is 0 Å². The number of ketones is 1. The largest absolute Gasteiger partial charge is 0.872 e. The molecule has 21 heavy (non-hydrogen) atoms.